The molecule has 0 saturated carbocycles. The molecule has 0 aliphatic carbocycles. The summed E-state index contributed by atoms with van der Waals surface area (Å²) in [5.41, 5.74) is 2.31. The molecular weight excluding hydrogens is 398 g/mol. The average Bonchev–Trinajstić information content (AvgIpc) is 2.74. The van der Waals surface area contributed by atoms with Crippen LogP contribution in [0.1, 0.15) is 55.2 Å². The molecule has 31 heavy (non-hydrogen) atoms. The zero-order valence-electron chi connectivity index (χ0n) is 18.8. The molecule has 7 heteroatoms. The van der Waals surface area contributed by atoms with E-state index in [0.717, 1.165) is 11.1 Å². The Hall–Kier alpha value is -3.22. The van der Waals surface area contributed by atoms with E-state index in [1.165, 1.54) is 12.1 Å². The van der Waals surface area contributed by atoms with Gasteiger partial charge in [0.05, 0.1) is 31.4 Å². The lowest BCUT2D eigenvalue weighted by molar-refractivity contribution is -0.124. The van der Waals surface area contributed by atoms with Gasteiger partial charge in [-0.2, -0.15) is 0 Å². The minimum atomic E-state index is -0.649. The van der Waals surface area contributed by atoms with E-state index in [2.05, 4.69) is 5.32 Å². The minimum Gasteiger partial charge on any atom is -0.490 e. The van der Waals surface area contributed by atoms with Crippen molar-refractivity contribution in [2.75, 3.05) is 26.4 Å². The molecule has 0 saturated heterocycles. The summed E-state index contributed by atoms with van der Waals surface area (Å²) >= 11 is 0. The predicted octanol–water partition coefficient (Wildman–Crippen LogP) is 4.23. The molecular formula is C24H31NO6. The Labute approximate surface area is 183 Å². The van der Waals surface area contributed by atoms with Crippen LogP contribution in [0.3, 0.4) is 0 Å². The summed E-state index contributed by atoms with van der Waals surface area (Å²) in [6, 6.07) is 10.7. The molecule has 1 N–H and O–H groups in total. The monoisotopic (exact) mass is 429 g/mol. The molecule has 0 aromatic heterocycles. The zero-order chi connectivity index (χ0) is 22.8. The van der Waals surface area contributed by atoms with Gasteiger partial charge in [0.1, 0.15) is 0 Å². The maximum atomic E-state index is 12.6. The third-order valence-electron chi connectivity index (χ3n) is 4.51. The maximum Gasteiger partial charge on any atom is 0.338 e. The molecule has 168 valence electrons. The summed E-state index contributed by atoms with van der Waals surface area (Å²) in [4.78, 5) is 24.9. The van der Waals surface area contributed by atoms with Crippen molar-refractivity contribution in [1.29, 1.82) is 0 Å². The van der Waals surface area contributed by atoms with Crippen molar-refractivity contribution >= 4 is 11.9 Å². The Morgan fingerprint density at radius 3 is 2.06 bits per heavy atom. The third-order valence-corrected chi connectivity index (χ3v) is 4.51. The first-order valence-corrected chi connectivity index (χ1v) is 10.5. The summed E-state index contributed by atoms with van der Waals surface area (Å²) in [6.07, 6.45) is 0. The molecule has 0 heterocycles. The third kappa shape index (κ3) is 6.64. The van der Waals surface area contributed by atoms with Gasteiger partial charge in [-0.15, -0.1) is 0 Å². The van der Waals surface area contributed by atoms with E-state index in [1.54, 1.807) is 0 Å². The van der Waals surface area contributed by atoms with Crippen molar-refractivity contribution in [3.63, 3.8) is 0 Å². The second-order valence-corrected chi connectivity index (χ2v) is 6.82. The van der Waals surface area contributed by atoms with Gasteiger partial charge >= 0.3 is 5.97 Å². The lowest BCUT2D eigenvalue weighted by atomic mass is 10.0. The number of esters is 1. The highest BCUT2D eigenvalue weighted by atomic mass is 16.5. The molecule has 0 spiro atoms. The van der Waals surface area contributed by atoms with Gasteiger partial charge in [-0.25, -0.2) is 4.79 Å². The summed E-state index contributed by atoms with van der Waals surface area (Å²) in [6.45, 7) is 10.2. The fraction of sp³-hybridized carbons (Fsp3) is 0.417. The van der Waals surface area contributed by atoms with Crippen LogP contribution in [0, 0.1) is 6.92 Å². The molecule has 2 aromatic carbocycles. The Morgan fingerprint density at radius 2 is 1.52 bits per heavy atom. The number of nitrogens with one attached hydrogen (secondary N) is 1. The van der Waals surface area contributed by atoms with Gasteiger partial charge in [0, 0.05) is 0 Å². The highest BCUT2D eigenvalue weighted by Gasteiger charge is 2.20. The molecule has 0 fully saturated rings. The standard InChI is InChI=1S/C24H31NO6/c1-6-28-20-13-18(14-21(29-7-2)23(20)30-8-3)24(27)31-15-22(26)25-17(5)19-12-10-9-11-16(19)4/h9-14,17H,6-8,15H2,1-5H3,(H,25,26). The molecule has 0 aliphatic heterocycles. The van der Waals surface area contributed by atoms with Crippen molar-refractivity contribution in [2.24, 2.45) is 0 Å². The van der Waals surface area contributed by atoms with Gasteiger partial charge in [0.2, 0.25) is 5.75 Å². The number of aryl methyl sites for hydroxylation is 1. The SMILES string of the molecule is CCOc1cc(C(=O)OCC(=O)NC(C)c2ccccc2C)cc(OCC)c1OCC. The van der Waals surface area contributed by atoms with Crippen LogP contribution in [0.2, 0.25) is 0 Å². The quantitative estimate of drug-likeness (QED) is 0.539. The van der Waals surface area contributed by atoms with E-state index in [9.17, 15) is 9.59 Å². The number of ether oxygens (including phenoxy) is 4. The number of carbonyl (C=O) groups excluding carboxylic acids is 2. The first-order valence-electron chi connectivity index (χ1n) is 10.5. The smallest absolute Gasteiger partial charge is 0.338 e. The Kier molecular flexibility index (Phi) is 9.18. The molecule has 0 radical (unpaired) electrons. The number of carbonyl (C=O) groups is 2. The summed E-state index contributed by atoms with van der Waals surface area (Å²) < 4.78 is 22.1. The molecule has 0 bridgehead atoms. The number of amides is 1. The first-order chi connectivity index (χ1) is 14.9. The van der Waals surface area contributed by atoms with Crippen molar-refractivity contribution in [3.05, 3.63) is 53.1 Å². The van der Waals surface area contributed by atoms with E-state index in [0.29, 0.717) is 37.1 Å². The van der Waals surface area contributed by atoms with E-state index < -0.39 is 12.6 Å². The molecule has 1 unspecified atom stereocenters. The zero-order valence-corrected chi connectivity index (χ0v) is 18.8. The van der Waals surface area contributed by atoms with Crippen molar-refractivity contribution in [2.45, 2.75) is 40.7 Å². The average molecular weight is 430 g/mol. The normalized spacial score (nSPS) is 11.4. The fourth-order valence-electron chi connectivity index (χ4n) is 3.15. The molecule has 2 aromatic rings. The van der Waals surface area contributed by atoms with Crippen LogP contribution in [-0.2, 0) is 9.53 Å². The Balaban J connectivity index is 2.08. The Bertz CT molecular complexity index is 868. The summed E-state index contributed by atoms with van der Waals surface area (Å²) in [7, 11) is 0. The molecule has 2 rings (SSSR count). The van der Waals surface area contributed by atoms with Gasteiger partial charge in [-0.3, -0.25) is 4.79 Å². The predicted molar refractivity (Wildman–Crippen MR) is 118 cm³/mol. The van der Waals surface area contributed by atoms with Crippen LogP contribution >= 0.6 is 0 Å². The molecule has 1 amide bonds. The largest absolute Gasteiger partial charge is 0.490 e. The van der Waals surface area contributed by atoms with E-state index >= 15 is 0 Å². The number of hydrogen-bond donors (Lipinski definition) is 1. The summed E-state index contributed by atoms with van der Waals surface area (Å²) in [5, 5.41) is 2.85. The van der Waals surface area contributed by atoms with E-state index in [4.69, 9.17) is 18.9 Å². The highest BCUT2D eigenvalue weighted by molar-refractivity contribution is 5.92. The van der Waals surface area contributed by atoms with Crippen LogP contribution in [0.4, 0.5) is 0 Å². The second-order valence-electron chi connectivity index (χ2n) is 6.82. The van der Waals surface area contributed by atoms with Crippen LogP contribution in [0.5, 0.6) is 17.2 Å². The highest BCUT2D eigenvalue weighted by Crippen LogP contribution is 2.39. The van der Waals surface area contributed by atoms with Gasteiger partial charge in [0.15, 0.2) is 18.1 Å². The fourth-order valence-corrected chi connectivity index (χ4v) is 3.15. The van der Waals surface area contributed by atoms with Gasteiger partial charge in [-0.1, -0.05) is 24.3 Å². The van der Waals surface area contributed by atoms with Crippen LogP contribution < -0.4 is 19.5 Å². The minimum absolute atomic E-state index is 0.202. The van der Waals surface area contributed by atoms with Crippen molar-refractivity contribution in [3.8, 4) is 17.2 Å². The van der Waals surface area contributed by atoms with Crippen molar-refractivity contribution < 1.29 is 28.5 Å². The Morgan fingerprint density at radius 1 is 0.935 bits per heavy atom. The summed E-state index contributed by atoms with van der Waals surface area (Å²) in [5.74, 6) is 0.182. The van der Waals surface area contributed by atoms with E-state index in [1.807, 2.05) is 58.9 Å². The van der Waals surface area contributed by atoms with Crippen LogP contribution in [0.15, 0.2) is 36.4 Å². The van der Waals surface area contributed by atoms with Crippen LogP contribution in [-0.4, -0.2) is 38.3 Å². The van der Waals surface area contributed by atoms with Gasteiger partial charge < -0.3 is 24.3 Å². The first kappa shape index (κ1) is 24.1. The molecule has 0 aliphatic rings. The topological polar surface area (TPSA) is 83.1 Å². The van der Waals surface area contributed by atoms with E-state index in [-0.39, 0.29) is 17.5 Å². The molecule has 7 nitrogen and oxygen atoms in total. The maximum absolute atomic E-state index is 12.6. The molecule has 1 atom stereocenters. The lowest BCUT2D eigenvalue weighted by Gasteiger charge is -2.17. The van der Waals surface area contributed by atoms with Crippen molar-refractivity contribution in [1.82, 2.24) is 5.32 Å². The second kappa shape index (κ2) is 11.8. The van der Waals surface area contributed by atoms with Gasteiger partial charge in [0.25, 0.3) is 5.91 Å². The number of benzene rings is 2. The number of hydrogen-bond acceptors (Lipinski definition) is 6. The lowest BCUT2D eigenvalue weighted by Crippen LogP contribution is -2.31. The number of rotatable bonds is 11. The van der Waals surface area contributed by atoms with Gasteiger partial charge in [-0.05, 0) is 57.9 Å². The van der Waals surface area contributed by atoms with Crippen LogP contribution in [0.25, 0.3) is 0 Å².